The molecular formula is C21H18Cl3N5O4. The average molecular weight is 511 g/mol. The number of halogens is 3. The zero-order valence-corrected chi connectivity index (χ0v) is 19.7. The van der Waals surface area contributed by atoms with Crippen molar-refractivity contribution >= 4 is 46.1 Å². The van der Waals surface area contributed by atoms with E-state index in [4.69, 9.17) is 37.8 Å². The Morgan fingerprint density at radius 2 is 1.70 bits per heavy atom. The number of quaternary nitrogens is 1. The number of nitrogens with two attached hydrogens (primary N) is 1. The molecule has 0 unspecified atom stereocenters. The molecule has 0 aliphatic carbocycles. The molecule has 3 aromatic rings. The van der Waals surface area contributed by atoms with Gasteiger partial charge in [0.1, 0.15) is 17.1 Å². The van der Waals surface area contributed by atoms with Crippen LogP contribution in [0.25, 0.3) is 0 Å². The number of anilines is 2. The maximum Gasteiger partial charge on any atom is 0.277 e. The van der Waals surface area contributed by atoms with Crippen molar-refractivity contribution in [2.24, 2.45) is 5.10 Å². The largest absolute Gasteiger partial charge is 1.00 e. The number of hydrogen-bond acceptors (Lipinski definition) is 7. The fraction of sp³-hybridized carbons (Fsp3) is 0.0952. The zero-order valence-electron chi connectivity index (χ0n) is 17.4. The molecule has 4 rings (SSSR count). The molecule has 0 spiro atoms. The number of amidine groups is 1. The van der Waals surface area contributed by atoms with E-state index >= 15 is 0 Å². The van der Waals surface area contributed by atoms with Gasteiger partial charge in [-0.15, -0.1) is 10.2 Å². The molecule has 1 aliphatic rings. The predicted octanol–water partition coefficient (Wildman–Crippen LogP) is 1.00. The van der Waals surface area contributed by atoms with Gasteiger partial charge in [0.05, 0.1) is 35.8 Å². The highest BCUT2D eigenvalue weighted by Crippen LogP contribution is 2.37. The molecule has 12 heteroatoms. The molecule has 0 atom stereocenters. The second-order valence-corrected chi connectivity index (χ2v) is 7.53. The minimum absolute atomic E-state index is 0. The molecule has 0 saturated heterocycles. The monoisotopic (exact) mass is 509 g/mol. The Morgan fingerprint density at radius 1 is 0.970 bits per heavy atom. The van der Waals surface area contributed by atoms with Crippen LogP contribution in [-0.2, 0) is 0 Å². The summed E-state index contributed by atoms with van der Waals surface area (Å²) >= 11 is 12.7. The van der Waals surface area contributed by atoms with Crippen LogP contribution in [-0.4, -0.2) is 25.0 Å². The van der Waals surface area contributed by atoms with Crippen LogP contribution < -0.4 is 37.5 Å². The molecule has 0 aromatic heterocycles. The van der Waals surface area contributed by atoms with Crippen molar-refractivity contribution in [3.8, 4) is 11.5 Å². The van der Waals surface area contributed by atoms with Crippen molar-refractivity contribution in [2.45, 2.75) is 0 Å². The van der Waals surface area contributed by atoms with E-state index in [0.717, 1.165) is 11.3 Å². The van der Waals surface area contributed by atoms with Crippen molar-refractivity contribution < 1.29 is 32.2 Å². The third-order valence-electron chi connectivity index (χ3n) is 4.78. The van der Waals surface area contributed by atoms with Gasteiger partial charge in [-0.05, 0) is 48.5 Å². The zero-order chi connectivity index (χ0) is 22.8. The first-order valence-corrected chi connectivity index (χ1v) is 10.1. The van der Waals surface area contributed by atoms with Crippen molar-refractivity contribution in [1.82, 2.24) is 0 Å². The third kappa shape index (κ3) is 4.91. The molecule has 2 N–H and O–H groups in total. The normalized spacial score (nSPS) is 12.8. The molecule has 0 saturated carbocycles. The molecule has 33 heavy (non-hydrogen) atoms. The summed E-state index contributed by atoms with van der Waals surface area (Å²) in [5, 5.41) is 20.1. The van der Waals surface area contributed by atoms with Gasteiger partial charge in [0.15, 0.2) is 5.75 Å². The molecule has 1 heterocycles. The lowest BCUT2D eigenvalue weighted by Crippen LogP contribution is -3.00. The Kier molecular flexibility index (Phi) is 7.50. The number of rotatable bonds is 6. The van der Waals surface area contributed by atoms with Gasteiger partial charge in [0.2, 0.25) is 0 Å². The van der Waals surface area contributed by atoms with E-state index in [1.54, 1.807) is 47.0 Å². The molecule has 0 radical (unpaired) electrons. The molecule has 3 aromatic carbocycles. The summed E-state index contributed by atoms with van der Waals surface area (Å²) in [6.45, 7) is 0. The summed E-state index contributed by atoms with van der Waals surface area (Å²) in [7, 11) is 3.03. The van der Waals surface area contributed by atoms with Crippen LogP contribution in [0.3, 0.4) is 0 Å². The standard InChI is InChI=1S/C21H17Cl2N5O4.ClH/c1-31-16-7-3-13(4-8-16)21-24-26(18-10-6-15(28(29)30)12-20(18)32-2)27(25-21)19-11-14(22)5-9-17(19)23;/h3-12H,1-2H3,(H,24,25);1H. The number of hydrazone groups is 1. The number of ether oxygens (including phenoxy) is 2. The van der Waals surface area contributed by atoms with Crippen LogP contribution in [0.1, 0.15) is 5.56 Å². The highest BCUT2D eigenvalue weighted by atomic mass is 35.5. The quantitative estimate of drug-likeness (QED) is 0.302. The van der Waals surface area contributed by atoms with Gasteiger partial charge in [-0.1, -0.05) is 28.3 Å². The number of hydrazine groups is 1. The molecule has 9 nitrogen and oxygen atoms in total. The maximum absolute atomic E-state index is 11.2. The van der Waals surface area contributed by atoms with Gasteiger partial charge in [0.25, 0.3) is 11.5 Å². The van der Waals surface area contributed by atoms with Crippen LogP contribution in [0.15, 0.2) is 65.8 Å². The Hall–Kier alpha value is -3.24. The summed E-state index contributed by atoms with van der Waals surface area (Å²) in [6, 6.07) is 16.8. The predicted molar refractivity (Wildman–Crippen MR) is 123 cm³/mol. The van der Waals surface area contributed by atoms with Gasteiger partial charge < -0.3 is 21.9 Å². The molecule has 0 amide bonds. The summed E-state index contributed by atoms with van der Waals surface area (Å²) in [5.74, 6) is 1.62. The van der Waals surface area contributed by atoms with Crippen molar-refractivity contribution in [3.63, 3.8) is 0 Å². The Bertz CT molecular complexity index is 1210. The first-order chi connectivity index (χ1) is 15.4. The van der Waals surface area contributed by atoms with Crippen LogP contribution in [0.5, 0.6) is 11.5 Å². The number of non-ortho nitro benzene ring substituents is 1. The number of benzene rings is 3. The van der Waals surface area contributed by atoms with Gasteiger partial charge >= 0.3 is 0 Å². The molecule has 1 aliphatic heterocycles. The van der Waals surface area contributed by atoms with Crippen LogP contribution >= 0.6 is 23.2 Å². The Balaban J connectivity index is 0.00000306. The van der Waals surface area contributed by atoms with Crippen molar-refractivity contribution in [2.75, 3.05) is 24.5 Å². The number of nitrogens with zero attached hydrogens (tertiary/aromatic N) is 4. The number of hydrogen-bond donors (Lipinski definition) is 1. The van der Waals surface area contributed by atoms with E-state index in [1.165, 1.54) is 19.2 Å². The van der Waals surface area contributed by atoms with Crippen LogP contribution in [0.4, 0.5) is 17.1 Å². The van der Waals surface area contributed by atoms with E-state index in [9.17, 15) is 10.1 Å². The SMILES string of the molecule is COc1ccc(C2=NN(c3ccc([N+](=O)[O-])cc3OC)N(c3cc(Cl)ccc3Cl)[NH2+]2)cc1.[Cl-]. The minimum Gasteiger partial charge on any atom is -1.00 e. The molecule has 0 fully saturated rings. The first-order valence-electron chi connectivity index (χ1n) is 9.36. The van der Waals surface area contributed by atoms with Gasteiger partial charge in [-0.2, -0.15) is 5.43 Å². The highest BCUT2D eigenvalue weighted by Gasteiger charge is 2.35. The number of nitro groups is 1. The average Bonchev–Trinajstić information content (AvgIpc) is 3.25. The summed E-state index contributed by atoms with van der Waals surface area (Å²) in [5.41, 5.74) is 3.58. The van der Waals surface area contributed by atoms with Crippen molar-refractivity contribution in [1.29, 1.82) is 0 Å². The van der Waals surface area contributed by atoms with E-state index in [1.807, 2.05) is 24.3 Å². The van der Waals surface area contributed by atoms with Gasteiger partial charge in [-0.3, -0.25) is 10.1 Å². The topological polar surface area (TPSA) is 97.0 Å². The highest BCUT2D eigenvalue weighted by molar-refractivity contribution is 6.35. The fourth-order valence-corrected chi connectivity index (χ4v) is 3.56. The summed E-state index contributed by atoms with van der Waals surface area (Å²) in [4.78, 5) is 10.7. The number of methoxy groups -OCH3 is 2. The van der Waals surface area contributed by atoms with E-state index in [-0.39, 0.29) is 23.8 Å². The third-order valence-corrected chi connectivity index (χ3v) is 5.34. The van der Waals surface area contributed by atoms with E-state index < -0.39 is 4.92 Å². The summed E-state index contributed by atoms with van der Waals surface area (Å²) < 4.78 is 10.7. The first kappa shape index (κ1) is 24.4. The fourth-order valence-electron chi connectivity index (χ4n) is 3.19. The lowest BCUT2D eigenvalue weighted by molar-refractivity contribution is -0.545. The van der Waals surface area contributed by atoms with E-state index in [0.29, 0.717) is 27.3 Å². The van der Waals surface area contributed by atoms with Crippen LogP contribution in [0, 0.1) is 10.1 Å². The Morgan fingerprint density at radius 3 is 2.33 bits per heavy atom. The Labute approximate surface area is 205 Å². The van der Waals surface area contributed by atoms with E-state index in [2.05, 4.69) is 0 Å². The molecule has 0 bridgehead atoms. The van der Waals surface area contributed by atoms with Crippen LogP contribution in [0.2, 0.25) is 10.0 Å². The molecule has 172 valence electrons. The second-order valence-electron chi connectivity index (χ2n) is 6.69. The lowest BCUT2D eigenvalue weighted by Gasteiger charge is -2.25. The molecular weight excluding hydrogens is 493 g/mol. The maximum atomic E-state index is 11.2. The second kappa shape index (κ2) is 10.1. The van der Waals surface area contributed by atoms with Gasteiger partial charge in [0, 0.05) is 11.1 Å². The smallest absolute Gasteiger partial charge is 0.277 e. The number of nitro benzene ring substituents is 1. The minimum atomic E-state index is -0.486. The summed E-state index contributed by atoms with van der Waals surface area (Å²) in [6.07, 6.45) is 0. The van der Waals surface area contributed by atoms with Crippen molar-refractivity contribution in [3.05, 3.63) is 86.4 Å². The lowest BCUT2D eigenvalue weighted by atomic mass is 10.2. The van der Waals surface area contributed by atoms with Gasteiger partial charge in [-0.25, -0.2) is 0 Å².